The van der Waals surface area contributed by atoms with E-state index in [4.69, 9.17) is 14.2 Å². The second-order valence-electron chi connectivity index (χ2n) is 3.83. The van der Waals surface area contributed by atoms with Crippen LogP contribution in [0.4, 0.5) is 4.79 Å². The quantitative estimate of drug-likeness (QED) is 0.699. The van der Waals surface area contributed by atoms with Crippen molar-refractivity contribution in [2.45, 2.75) is 32.6 Å². The third kappa shape index (κ3) is 6.68. The molecule has 0 saturated heterocycles. The molecule has 14 heavy (non-hydrogen) atoms. The molecule has 1 atom stereocenters. The van der Waals surface area contributed by atoms with E-state index >= 15 is 0 Å². The zero-order valence-corrected chi connectivity index (χ0v) is 9.42. The minimum absolute atomic E-state index is 0.287. The predicted octanol–water partition coefficient (Wildman–Crippen LogP) is 1.13. The summed E-state index contributed by atoms with van der Waals surface area (Å²) in [4.78, 5) is 11.2. The van der Waals surface area contributed by atoms with Crippen molar-refractivity contribution in [3.63, 3.8) is 0 Å². The molecule has 0 aliphatic carbocycles. The van der Waals surface area contributed by atoms with Crippen molar-refractivity contribution in [3.8, 4) is 0 Å². The van der Waals surface area contributed by atoms with Crippen LogP contribution < -0.4 is 5.32 Å². The maximum Gasteiger partial charge on any atom is 0.409 e. The van der Waals surface area contributed by atoms with Crippen LogP contribution in [0.2, 0.25) is 0 Å². The van der Waals surface area contributed by atoms with Crippen molar-refractivity contribution >= 4 is 6.09 Å². The maximum atomic E-state index is 11.2. The van der Waals surface area contributed by atoms with Gasteiger partial charge in [-0.25, -0.2) is 4.79 Å². The number of alkyl carbamates (subject to hydrolysis) is 1. The van der Waals surface area contributed by atoms with Gasteiger partial charge in [-0.2, -0.15) is 0 Å². The predicted molar refractivity (Wildman–Crippen MR) is 52.0 cm³/mol. The number of carbonyl (C=O) groups excluding carboxylic acids is 1. The monoisotopic (exact) mass is 205 g/mol. The minimum atomic E-state index is -0.513. The second kappa shape index (κ2) is 5.82. The fraction of sp³-hybridized carbons (Fsp3) is 0.889. The molecule has 0 aliphatic heterocycles. The van der Waals surface area contributed by atoms with E-state index in [1.165, 1.54) is 14.2 Å². The van der Waals surface area contributed by atoms with Gasteiger partial charge in [-0.15, -0.1) is 0 Å². The first kappa shape index (κ1) is 13.2. The molecule has 1 unspecified atom stereocenters. The SMILES string of the molecule is COCC(NC(=O)OC(C)(C)C)OC. The largest absolute Gasteiger partial charge is 0.444 e. The van der Waals surface area contributed by atoms with Crippen molar-refractivity contribution in [3.05, 3.63) is 0 Å². The van der Waals surface area contributed by atoms with Crippen LogP contribution in [0.3, 0.4) is 0 Å². The number of hydrogen-bond donors (Lipinski definition) is 1. The van der Waals surface area contributed by atoms with Crippen molar-refractivity contribution in [1.29, 1.82) is 0 Å². The Morgan fingerprint density at radius 2 is 1.93 bits per heavy atom. The molecule has 0 radical (unpaired) electrons. The van der Waals surface area contributed by atoms with E-state index < -0.39 is 17.9 Å². The lowest BCUT2D eigenvalue weighted by Gasteiger charge is -2.22. The highest BCUT2D eigenvalue weighted by Crippen LogP contribution is 2.06. The van der Waals surface area contributed by atoms with Gasteiger partial charge in [0.15, 0.2) is 6.23 Å². The fourth-order valence-electron chi connectivity index (χ4n) is 0.759. The van der Waals surface area contributed by atoms with E-state index in [9.17, 15) is 4.79 Å². The number of amides is 1. The van der Waals surface area contributed by atoms with Gasteiger partial charge < -0.3 is 14.2 Å². The molecule has 0 aromatic carbocycles. The highest BCUT2D eigenvalue weighted by atomic mass is 16.6. The number of hydrogen-bond acceptors (Lipinski definition) is 4. The molecule has 0 fully saturated rings. The Morgan fingerprint density at radius 3 is 2.29 bits per heavy atom. The summed E-state index contributed by atoms with van der Waals surface area (Å²) in [6.45, 7) is 5.68. The molecule has 0 bridgehead atoms. The van der Waals surface area contributed by atoms with Gasteiger partial charge >= 0.3 is 6.09 Å². The average Bonchev–Trinajstić information content (AvgIpc) is 2.00. The molecule has 0 rings (SSSR count). The molecular weight excluding hydrogens is 186 g/mol. The molecule has 0 aromatic rings. The van der Waals surface area contributed by atoms with Crippen molar-refractivity contribution < 1.29 is 19.0 Å². The van der Waals surface area contributed by atoms with Crippen molar-refractivity contribution in [2.24, 2.45) is 0 Å². The molecule has 1 N–H and O–H groups in total. The van der Waals surface area contributed by atoms with E-state index in [2.05, 4.69) is 5.32 Å². The van der Waals surface area contributed by atoms with Gasteiger partial charge in [0.1, 0.15) is 5.60 Å². The number of nitrogens with one attached hydrogen (secondary N) is 1. The molecule has 0 aromatic heterocycles. The Kier molecular flexibility index (Phi) is 5.49. The van der Waals surface area contributed by atoms with Crippen LogP contribution in [0, 0.1) is 0 Å². The van der Waals surface area contributed by atoms with Crippen molar-refractivity contribution in [2.75, 3.05) is 20.8 Å². The van der Waals surface area contributed by atoms with Crippen molar-refractivity contribution in [1.82, 2.24) is 5.32 Å². The molecular formula is C9H19NO4. The van der Waals surface area contributed by atoms with E-state index in [0.29, 0.717) is 0 Å². The highest BCUT2D eigenvalue weighted by Gasteiger charge is 2.18. The third-order valence-electron chi connectivity index (χ3n) is 1.28. The average molecular weight is 205 g/mol. The summed E-state index contributed by atoms with van der Waals surface area (Å²) in [6, 6.07) is 0. The van der Waals surface area contributed by atoms with Gasteiger partial charge in [-0.1, -0.05) is 0 Å². The second-order valence-corrected chi connectivity index (χ2v) is 3.83. The van der Waals surface area contributed by atoms with E-state index in [0.717, 1.165) is 0 Å². The van der Waals surface area contributed by atoms with Crippen LogP contribution in [0.1, 0.15) is 20.8 Å². The van der Waals surface area contributed by atoms with Gasteiger partial charge in [0.2, 0.25) is 0 Å². The third-order valence-corrected chi connectivity index (χ3v) is 1.28. The van der Waals surface area contributed by atoms with Gasteiger partial charge in [-0.05, 0) is 20.8 Å². The normalized spacial score (nSPS) is 13.5. The lowest BCUT2D eigenvalue weighted by atomic mass is 10.2. The first-order chi connectivity index (χ1) is 6.39. The molecule has 0 heterocycles. The number of ether oxygens (including phenoxy) is 3. The summed E-state index contributed by atoms with van der Waals surface area (Å²) in [5.41, 5.74) is -0.505. The summed E-state index contributed by atoms with van der Waals surface area (Å²) < 4.78 is 14.8. The standard InChI is InChI=1S/C9H19NO4/c1-9(2,3)14-8(11)10-7(13-5)6-12-4/h7H,6H2,1-5H3,(H,10,11). The molecule has 0 aliphatic rings. The van der Waals surface area contributed by atoms with Crippen LogP contribution >= 0.6 is 0 Å². The summed E-state index contributed by atoms with van der Waals surface area (Å²) >= 11 is 0. The molecule has 0 saturated carbocycles. The molecule has 0 spiro atoms. The van der Waals surface area contributed by atoms with Crippen LogP contribution in [-0.4, -0.2) is 38.7 Å². The fourth-order valence-corrected chi connectivity index (χ4v) is 0.759. The first-order valence-corrected chi connectivity index (χ1v) is 4.40. The van der Waals surface area contributed by atoms with Gasteiger partial charge in [0.05, 0.1) is 6.61 Å². The first-order valence-electron chi connectivity index (χ1n) is 4.40. The molecule has 1 amide bonds. The van der Waals surface area contributed by atoms with E-state index in [1.807, 2.05) is 0 Å². The summed E-state index contributed by atoms with van der Waals surface area (Å²) in [5.74, 6) is 0. The Hall–Kier alpha value is -0.810. The van der Waals surface area contributed by atoms with E-state index in [1.54, 1.807) is 20.8 Å². The molecule has 5 nitrogen and oxygen atoms in total. The summed E-state index contributed by atoms with van der Waals surface area (Å²) in [6.07, 6.45) is -0.990. The zero-order chi connectivity index (χ0) is 11.2. The van der Waals surface area contributed by atoms with Crippen LogP contribution in [-0.2, 0) is 14.2 Å². The minimum Gasteiger partial charge on any atom is -0.444 e. The Morgan fingerprint density at radius 1 is 1.36 bits per heavy atom. The van der Waals surface area contributed by atoms with Gasteiger partial charge in [0.25, 0.3) is 0 Å². The lowest BCUT2D eigenvalue weighted by molar-refractivity contribution is -0.00744. The number of methoxy groups -OCH3 is 2. The topological polar surface area (TPSA) is 56.8 Å². The van der Waals surface area contributed by atoms with Crippen LogP contribution in [0.5, 0.6) is 0 Å². The Bertz CT molecular complexity index is 176. The van der Waals surface area contributed by atoms with E-state index in [-0.39, 0.29) is 6.61 Å². The van der Waals surface area contributed by atoms with Crippen LogP contribution in [0.25, 0.3) is 0 Å². The summed E-state index contributed by atoms with van der Waals surface area (Å²) in [7, 11) is 3.02. The zero-order valence-electron chi connectivity index (χ0n) is 9.42. The summed E-state index contributed by atoms with van der Waals surface area (Å²) in [5, 5.41) is 2.52. The molecule has 84 valence electrons. The number of carbonyl (C=O) groups is 1. The van der Waals surface area contributed by atoms with Gasteiger partial charge in [0, 0.05) is 14.2 Å². The number of rotatable bonds is 4. The Labute approximate surface area is 84.7 Å². The maximum absolute atomic E-state index is 11.2. The smallest absolute Gasteiger partial charge is 0.409 e. The van der Waals surface area contributed by atoms with Crippen LogP contribution in [0.15, 0.2) is 0 Å². The lowest BCUT2D eigenvalue weighted by Crippen LogP contribution is -2.42. The molecule has 5 heteroatoms. The highest BCUT2D eigenvalue weighted by molar-refractivity contribution is 5.67. The van der Waals surface area contributed by atoms with Gasteiger partial charge in [-0.3, -0.25) is 5.32 Å². The Balaban J connectivity index is 3.91.